The van der Waals surface area contributed by atoms with Crippen LogP contribution in [0.15, 0.2) is 17.1 Å². The zero-order valence-electron chi connectivity index (χ0n) is 9.49. The van der Waals surface area contributed by atoms with Gasteiger partial charge in [0.25, 0.3) is 0 Å². The van der Waals surface area contributed by atoms with E-state index in [1.54, 1.807) is 17.8 Å². The maximum Gasteiger partial charge on any atom is 0.194 e. The van der Waals surface area contributed by atoms with Crippen molar-refractivity contribution in [3.63, 3.8) is 0 Å². The second kappa shape index (κ2) is 3.96. The van der Waals surface area contributed by atoms with Crippen molar-refractivity contribution in [2.45, 2.75) is 13.3 Å². The third kappa shape index (κ3) is 1.65. The van der Waals surface area contributed by atoms with Gasteiger partial charge in [0.2, 0.25) is 0 Å². The number of halogens is 1. The van der Waals surface area contributed by atoms with Gasteiger partial charge in [-0.25, -0.2) is 0 Å². The Bertz CT molecular complexity index is 661. The summed E-state index contributed by atoms with van der Waals surface area (Å²) in [6.07, 6.45) is 2.29. The third-order valence-corrected chi connectivity index (χ3v) is 3.20. The molecule has 0 saturated heterocycles. The molecule has 2 rings (SSSR count). The van der Waals surface area contributed by atoms with Crippen molar-refractivity contribution in [2.75, 3.05) is 0 Å². The summed E-state index contributed by atoms with van der Waals surface area (Å²) in [5, 5.41) is 19.2. The molecule has 0 aliphatic rings. The summed E-state index contributed by atoms with van der Waals surface area (Å²) in [5.74, 6) is -0.786. The lowest BCUT2D eigenvalue weighted by molar-refractivity contribution is 0.405. The Labute approximate surface area is 103 Å². The first-order valence-corrected chi connectivity index (χ1v) is 5.57. The average Bonchev–Trinajstić information content (AvgIpc) is 2.30. The van der Waals surface area contributed by atoms with Crippen LogP contribution in [0.2, 0.25) is 5.02 Å². The van der Waals surface area contributed by atoms with Crippen LogP contribution < -0.4 is 5.43 Å². The lowest BCUT2D eigenvalue weighted by Gasteiger charge is -2.11. The lowest BCUT2D eigenvalue weighted by atomic mass is 10.1. The van der Waals surface area contributed by atoms with Crippen molar-refractivity contribution in [1.82, 2.24) is 4.57 Å². The minimum atomic E-state index is -0.454. The van der Waals surface area contributed by atoms with E-state index in [2.05, 4.69) is 0 Å². The van der Waals surface area contributed by atoms with Crippen LogP contribution in [-0.4, -0.2) is 14.8 Å². The number of benzene rings is 1. The number of nitrogens with zero attached hydrogens (tertiary/aromatic N) is 1. The molecule has 1 aromatic carbocycles. The van der Waals surface area contributed by atoms with Gasteiger partial charge in [0, 0.05) is 24.9 Å². The topological polar surface area (TPSA) is 62.5 Å². The maximum atomic E-state index is 12.1. The highest BCUT2D eigenvalue weighted by atomic mass is 35.5. The fourth-order valence-electron chi connectivity index (χ4n) is 1.88. The summed E-state index contributed by atoms with van der Waals surface area (Å²) in [7, 11) is 1.76. The monoisotopic (exact) mass is 253 g/mol. The highest BCUT2D eigenvalue weighted by molar-refractivity contribution is 6.37. The minimum absolute atomic E-state index is 0.101. The van der Waals surface area contributed by atoms with Crippen LogP contribution in [0.25, 0.3) is 10.9 Å². The molecule has 1 aromatic heterocycles. The molecule has 2 N–H and O–H groups in total. The number of phenols is 2. The van der Waals surface area contributed by atoms with E-state index in [0.717, 1.165) is 0 Å². The molecule has 0 saturated carbocycles. The van der Waals surface area contributed by atoms with E-state index in [4.69, 9.17) is 11.6 Å². The Kier molecular flexibility index (Phi) is 2.75. The summed E-state index contributed by atoms with van der Waals surface area (Å²) in [6, 6.07) is 1.33. The predicted molar refractivity (Wildman–Crippen MR) is 66.9 cm³/mol. The standard InChI is InChI=1S/C12H12ClNO3/c1-3-6-5-14(2)7-4-8(15)12(17)10(13)9(7)11(6)16/h4-5,15,17H,3H2,1-2H3. The number of hydrogen-bond donors (Lipinski definition) is 2. The van der Waals surface area contributed by atoms with Crippen LogP contribution in [0.1, 0.15) is 12.5 Å². The zero-order valence-corrected chi connectivity index (χ0v) is 10.2. The molecular formula is C12H12ClNO3. The van der Waals surface area contributed by atoms with Gasteiger partial charge in [0.15, 0.2) is 16.9 Å². The fraction of sp³-hybridized carbons (Fsp3) is 0.250. The maximum absolute atomic E-state index is 12.1. The van der Waals surface area contributed by atoms with Gasteiger partial charge < -0.3 is 14.8 Å². The van der Waals surface area contributed by atoms with Crippen LogP contribution >= 0.6 is 11.6 Å². The molecule has 0 amide bonds. The fourth-order valence-corrected chi connectivity index (χ4v) is 2.16. The van der Waals surface area contributed by atoms with Gasteiger partial charge in [0.05, 0.1) is 15.9 Å². The SMILES string of the molecule is CCc1cn(C)c2cc(O)c(O)c(Cl)c2c1=O. The first kappa shape index (κ1) is 11.8. The molecule has 17 heavy (non-hydrogen) atoms. The van der Waals surface area contributed by atoms with Gasteiger partial charge in [-0.1, -0.05) is 18.5 Å². The molecular weight excluding hydrogens is 242 g/mol. The lowest BCUT2D eigenvalue weighted by Crippen LogP contribution is -2.13. The van der Waals surface area contributed by atoms with E-state index in [9.17, 15) is 15.0 Å². The second-order valence-electron chi connectivity index (χ2n) is 3.90. The molecule has 4 nitrogen and oxygen atoms in total. The Hall–Kier alpha value is -1.68. The molecule has 0 aliphatic carbocycles. The molecule has 2 aromatic rings. The Morgan fingerprint density at radius 1 is 1.41 bits per heavy atom. The number of rotatable bonds is 1. The van der Waals surface area contributed by atoms with Crippen molar-refractivity contribution in [3.05, 3.63) is 33.1 Å². The molecule has 5 heteroatoms. The predicted octanol–water partition coefficient (Wildman–Crippen LogP) is 2.17. The van der Waals surface area contributed by atoms with Crippen molar-refractivity contribution in [2.24, 2.45) is 7.05 Å². The Morgan fingerprint density at radius 3 is 2.65 bits per heavy atom. The van der Waals surface area contributed by atoms with Crippen molar-refractivity contribution >= 4 is 22.5 Å². The van der Waals surface area contributed by atoms with Crippen molar-refractivity contribution < 1.29 is 10.2 Å². The van der Waals surface area contributed by atoms with Crippen LogP contribution in [0.4, 0.5) is 0 Å². The molecule has 90 valence electrons. The first-order chi connectivity index (χ1) is 7.97. The molecule has 0 unspecified atom stereocenters. The molecule has 1 heterocycles. The molecule has 0 atom stereocenters. The zero-order chi connectivity index (χ0) is 12.7. The second-order valence-corrected chi connectivity index (χ2v) is 4.28. The summed E-state index contributed by atoms with van der Waals surface area (Å²) < 4.78 is 1.71. The van der Waals surface area contributed by atoms with Crippen molar-refractivity contribution in [3.8, 4) is 11.5 Å². The molecule has 0 fully saturated rings. The number of fused-ring (bicyclic) bond motifs is 1. The third-order valence-electron chi connectivity index (χ3n) is 2.83. The summed E-state index contributed by atoms with van der Waals surface area (Å²) in [6.45, 7) is 1.87. The van der Waals surface area contributed by atoms with E-state index in [1.807, 2.05) is 6.92 Å². The highest BCUT2D eigenvalue weighted by Crippen LogP contribution is 2.37. The van der Waals surface area contributed by atoms with Gasteiger partial charge in [-0.05, 0) is 6.42 Å². The minimum Gasteiger partial charge on any atom is -0.504 e. The molecule has 0 bridgehead atoms. The number of aromatic hydroxyl groups is 2. The van der Waals surface area contributed by atoms with E-state index in [-0.39, 0.29) is 21.6 Å². The normalized spacial score (nSPS) is 11.0. The largest absolute Gasteiger partial charge is 0.504 e. The smallest absolute Gasteiger partial charge is 0.194 e. The van der Waals surface area contributed by atoms with E-state index in [0.29, 0.717) is 17.5 Å². The quantitative estimate of drug-likeness (QED) is 0.766. The van der Waals surface area contributed by atoms with Crippen LogP contribution in [0, 0.1) is 0 Å². The summed E-state index contributed by atoms with van der Waals surface area (Å²) in [5.41, 5.74) is 0.903. The van der Waals surface area contributed by atoms with E-state index >= 15 is 0 Å². The Morgan fingerprint density at radius 2 is 2.06 bits per heavy atom. The van der Waals surface area contributed by atoms with Gasteiger partial charge >= 0.3 is 0 Å². The Balaban J connectivity index is 3.07. The number of aryl methyl sites for hydroxylation is 2. The van der Waals surface area contributed by atoms with Crippen LogP contribution in [-0.2, 0) is 13.5 Å². The molecule has 0 spiro atoms. The average molecular weight is 254 g/mol. The molecule has 0 aliphatic heterocycles. The van der Waals surface area contributed by atoms with E-state index < -0.39 is 5.75 Å². The number of pyridine rings is 1. The van der Waals surface area contributed by atoms with Crippen molar-refractivity contribution in [1.29, 1.82) is 0 Å². The first-order valence-electron chi connectivity index (χ1n) is 5.20. The molecule has 0 radical (unpaired) electrons. The van der Waals surface area contributed by atoms with Gasteiger partial charge in [-0.15, -0.1) is 0 Å². The van der Waals surface area contributed by atoms with Gasteiger partial charge in [-0.2, -0.15) is 0 Å². The summed E-state index contributed by atoms with van der Waals surface area (Å²) >= 11 is 5.91. The number of aromatic nitrogens is 1. The highest BCUT2D eigenvalue weighted by Gasteiger charge is 2.16. The number of phenolic OH excluding ortho intramolecular Hbond substituents is 2. The van der Waals surface area contributed by atoms with E-state index in [1.165, 1.54) is 6.07 Å². The van der Waals surface area contributed by atoms with Gasteiger partial charge in [0.1, 0.15) is 0 Å². The van der Waals surface area contributed by atoms with Crippen LogP contribution in [0.3, 0.4) is 0 Å². The van der Waals surface area contributed by atoms with Gasteiger partial charge in [-0.3, -0.25) is 4.79 Å². The summed E-state index contributed by atoms with van der Waals surface area (Å²) in [4.78, 5) is 12.1. The van der Waals surface area contributed by atoms with Crippen LogP contribution in [0.5, 0.6) is 11.5 Å². The number of hydrogen-bond acceptors (Lipinski definition) is 3.